The van der Waals surface area contributed by atoms with Crippen molar-refractivity contribution in [3.8, 4) is 16.9 Å². The SMILES string of the molecule is O=C(CCCC(=O)NC1CCCCCC1)NCCOc1ccc(-c2ccc(CC(=O)NCc3ccccc3)nc2)cc1. The zero-order valence-electron chi connectivity index (χ0n) is 24.3. The molecule has 0 bridgehead atoms. The van der Waals surface area contributed by atoms with E-state index >= 15 is 0 Å². The van der Waals surface area contributed by atoms with Gasteiger partial charge in [0.25, 0.3) is 0 Å². The Bertz CT molecular complexity index is 1250. The lowest BCUT2D eigenvalue weighted by molar-refractivity contribution is -0.123. The van der Waals surface area contributed by atoms with Gasteiger partial charge in [-0.25, -0.2) is 0 Å². The van der Waals surface area contributed by atoms with Crippen LogP contribution in [0.5, 0.6) is 5.75 Å². The van der Waals surface area contributed by atoms with E-state index in [2.05, 4.69) is 20.9 Å². The number of nitrogens with zero attached hydrogens (tertiary/aromatic N) is 1. The number of hydrogen-bond donors (Lipinski definition) is 3. The topological polar surface area (TPSA) is 109 Å². The lowest BCUT2D eigenvalue weighted by atomic mass is 10.1. The first-order chi connectivity index (χ1) is 20.5. The van der Waals surface area contributed by atoms with E-state index < -0.39 is 0 Å². The van der Waals surface area contributed by atoms with Crippen molar-refractivity contribution >= 4 is 17.7 Å². The molecule has 8 nitrogen and oxygen atoms in total. The van der Waals surface area contributed by atoms with Crippen LogP contribution in [-0.4, -0.2) is 41.9 Å². The largest absolute Gasteiger partial charge is 0.492 e. The lowest BCUT2D eigenvalue weighted by Crippen LogP contribution is -2.34. The molecule has 0 radical (unpaired) electrons. The van der Waals surface area contributed by atoms with Gasteiger partial charge in [-0.05, 0) is 48.6 Å². The van der Waals surface area contributed by atoms with Crippen LogP contribution in [-0.2, 0) is 27.3 Å². The van der Waals surface area contributed by atoms with Crippen LogP contribution in [0.3, 0.4) is 0 Å². The van der Waals surface area contributed by atoms with E-state index in [4.69, 9.17) is 4.74 Å². The second kappa shape index (κ2) is 16.9. The molecule has 0 atom stereocenters. The molecular formula is C34H42N4O4. The minimum absolute atomic E-state index is 0.0511. The molecule has 2 aromatic carbocycles. The van der Waals surface area contributed by atoms with Crippen LogP contribution in [0.4, 0.5) is 0 Å². The molecule has 42 heavy (non-hydrogen) atoms. The van der Waals surface area contributed by atoms with Crippen LogP contribution >= 0.6 is 0 Å². The highest BCUT2D eigenvalue weighted by Gasteiger charge is 2.15. The van der Waals surface area contributed by atoms with Gasteiger partial charge < -0.3 is 20.7 Å². The molecule has 1 aliphatic rings. The highest BCUT2D eigenvalue weighted by Crippen LogP contribution is 2.22. The van der Waals surface area contributed by atoms with Gasteiger partial charge in [0, 0.05) is 42.9 Å². The molecule has 8 heteroatoms. The summed E-state index contributed by atoms with van der Waals surface area (Å²) in [7, 11) is 0. The third-order valence-corrected chi connectivity index (χ3v) is 7.41. The fourth-order valence-electron chi connectivity index (χ4n) is 5.05. The summed E-state index contributed by atoms with van der Waals surface area (Å²) in [6.45, 7) is 1.26. The zero-order valence-corrected chi connectivity index (χ0v) is 24.3. The molecule has 4 rings (SSSR count). The quantitative estimate of drug-likeness (QED) is 0.184. The summed E-state index contributed by atoms with van der Waals surface area (Å²) >= 11 is 0. The zero-order chi connectivity index (χ0) is 29.4. The molecule has 1 aromatic heterocycles. The second-order valence-electron chi connectivity index (χ2n) is 10.8. The predicted molar refractivity (Wildman–Crippen MR) is 164 cm³/mol. The summed E-state index contributed by atoms with van der Waals surface area (Å²) in [5.41, 5.74) is 3.71. The van der Waals surface area contributed by atoms with Crippen LogP contribution in [0.25, 0.3) is 11.1 Å². The van der Waals surface area contributed by atoms with E-state index in [1.54, 1.807) is 6.20 Å². The fourth-order valence-corrected chi connectivity index (χ4v) is 5.05. The number of hydrogen-bond acceptors (Lipinski definition) is 5. The Kier molecular flexibility index (Phi) is 12.4. The van der Waals surface area contributed by atoms with E-state index in [0.29, 0.717) is 56.4 Å². The Balaban J connectivity index is 1.09. The highest BCUT2D eigenvalue weighted by atomic mass is 16.5. The van der Waals surface area contributed by atoms with E-state index in [1.807, 2.05) is 66.7 Å². The van der Waals surface area contributed by atoms with Crippen molar-refractivity contribution in [3.63, 3.8) is 0 Å². The minimum Gasteiger partial charge on any atom is -0.492 e. The number of ether oxygens (including phenoxy) is 1. The van der Waals surface area contributed by atoms with E-state index in [0.717, 1.165) is 29.5 Å². The van der Waals surface area contributed by atoms with Crippen molar-refractivity contribution in [2.75, 3.05) is 13.2 Å². The van der Waals surface area contributed by atoms with Crippen molar-refractivity contribution in [2.45, 2.75) is 76.8 Å². The molecule has 1 fully saturated rings. The van der Waals surface area contributed by atoms with Gasteiger partial charge in [-0.3, -0.25) is 19.4 Å². The van der Waals surface area contributed by atoms with Gasteiger partial charge in [-0.1, -0.05) is 74.2 Å². The Hall–Kier alpha value is -4.20. The van der Waals surface area contributed by atoms with E-state index in [9.17, 15) is 14.4 Å². The van der Waals surface area contributed by atoms with E-state index in [-0.39, 0.29) is 24.1 Å². The maximum absolute atomic E-state index is 12.3. The number of carbonyl (C=O) groups excluding carboxylic acids is 3. The minimum atomic E-state index is -0.0687. The number of amides is 3. The standard InChI is InChI=1S/C34H42N4O4/c39-32(13-8-14-33(40)38-29-11-6-1-2-7-12-29)35-21-22-42-31-19-16-27(17-20-31)28-15-18-30(36-25-28)23-34(41)37-24-26-9-4-3-5-10-26/h3-5,9-10,15-20,25,29H,1-2,6-8,11-14,21-24H2,(H,35,39)(H,37,41)(H,38,40). The fraction of sp³-hybridized carbons (Fsp3) is 0.412. The van der Waals surface area contributed by atoms with Crippen LogP contribution in [0.1, 0.15) is 69.0 Å². The van der Waals surface area contributed by atoms with Gasteiger partial charge in [0.1, 0.15) is 12.4 Å². The monoisotopic (exact) mass is 570 g/mol. The third kappa shape index (κ3) is 11.0. The highest BCUT2D eigenvalue weighted by molar-refractivity contribution is 5.79. The van der Waals surface area contributed by atoms with Crippen molar-refractivity contribution in [2.24, 2.45) is 0 Å². The molecular weight excluding hydrogens is 528 g/mol. The number of nitrogens with one attached hydrogen (secondary N) is 3. The number of rotatable bonds is 14. The summed E-state index contributed by atoms with van der Waals surface area (Å²) in [6.07, 6.45) is 10.3. The Morgan fingerprint density at radius 3 is 2.19 bits per heavy atom. The molecule has 3 aromatic rings. The molecule has 222 valence electrons. The number of carbonyl (C=O) groups is 3. The van der Waals surface area contributed by atoms with Gasteiger partial charge in [0.2, 0.25) is 17.7 Å². The number of benzene rings is 2. The summed E-state index contributed by atoms with van der Waals surface area (Å²) in [4.78, 5) is 41.0. The average molecular weight is 571 g/mol. The lowest BCUT2D eigenvalue weighted by Gasteiger charge is -2.16. The molecule has 0 unspecified atom stereocenters. The smallest absolute Gasteiger partial charge is 0.226 e. The van der Waals surface area contributed by atoms with Gasteiger partial charge in [0.15, 0.2) is 0 Å². The second-order valence-corrected chi connectivity index (χ2v) is 10.8. The average Bonchev–Trinajstić information content (AvgIpc) is 3.28. The molecule has 0 aliphatic heterocycles. The van der Waals surface area contributed by atoms with Crippen LogP contribution in [0.15, 0.2) is 72.9 Å². The molecule has 3 amide bonds. The maximum Gasteiger partial charge on any atom is 0.226 e. The Labute approximate surface area is 248 Å². The molecule has 1 saturated carbocycles. The molecule has 1 heterocycles. The molecule has 3 N–H and O–H groups in total. The van der Waals surface area contributed by atoms with Crippen molar-refractivity contribution in [1.82, 2.24) is 20.9 Å². The number of pyridine rings is 1. The molecule has 0 spiro atoms. The molecule has 0 saturated heterocycles. The van der Waals surface area contributed by atoms with Crippen molar-refractivity contribution < 1.29 is 19.1 Å². The molecule has 1 aliphatic carbocycles. The first kappa shape index (κ1) is 30.8. The summed E-state index contributed by atoms with van der Waals surface area (Å²) < 4.78 is 5.76. The van der Waals surface area contributed by atoms with Crippen LogP contribution in [0.2, 0.25) is 0 Å². The maximum atomic E-state index is 12.3. The van der Waals surface area contributed by atoms with Gasteiger partial charge in [-0.15, -0.1) is 0 Å². The summed E-state index contributed by atoms with van der Waals surface area (Å²) in [5, 5.41) is 8.91. The van der Waals surface area contributed by atoms with Crippen molar-refractivity contribution in [1.29, 1.82) is 0 Å². The van der Waals surface area contributed by atoms with Gasteiger partial charge >= 0.3 is 0 Å². The van der Waals surface area contributed by atoms with Crippen molar-refractivity contribution in [3.05, 3.63) is 84.2 Å². The van der Waals surface area contributed by atoms with Gasteiger partial charge in [0.05, 0.1) is 13.0 Å². The Morgan fingerprint density at radius 2 is 1.48 bits per heavy atom. The van der Waals surface area contributed by atoms with Crippen LogP contribution < -0.4 is 20.7 Å². The summed E-state index contributed by atoms with van der Waals surface area (Å²) in [5.74, 6) is 0.628. The predicted octanol–water partition coefficient (Wildman–Crippen LogP) is 5.11. The van der Waals surface area contributed by atoms with Gasteiger partial charge in [-0.2, -0.15) is 0 Å². The first-order valence-corrected chi connectivity index (χ1v) is 15.1. The third-order valence-electron chi connectivity index (χ3n) is 7.41. The number of aromatic nitrogens is 1. The summed E-state index contributed by atoms with van der Waals surface area (Å²) in [6, 6.07) is 21.6. The normalized spacial score (nSPS) is 13.5. The Morgan fingerprint density at radius 1 is 0.762 bits per heavy atom. The first-order valence-electron chi connectivity index (χ1n) is 15.1. The van der Waals surface area contributed by atoms with Crippen LogP contribution in [0, 0.1) is 0 Å². The van der Waals surface area contributed by atoms with E-state index in [1.165, 1.54) is 25.7 Å².